The van der Waals surface area contributed by atoms with Gasteiger partial charge >= 0.3 is 0 Å². The van der Waals surface area contributed by atoms with Crippen LogP contribution in [0.4, 0.5) is 0 Å². The van der Waals surface area contributed by atoms with Crippen molar-refractivity contribution in [3.8, 4) is 0 Å². The Morgan fingerprint density at radius 3 is 2.67 bits per heavy atom. The van der Waals surface area contributed by atoms with E-state index in [1.54, 1.807) is 0 Å². The zero-order valence-corrected chi connectivity index (χ0v) is 9.06. The first-order valence-electron chi connectivity index (χ1n) is 5.47. The van der Waals surface area contributed by atoms with Crippen molar-refractivity contribution < 1.29 is 0 Å². The van der Waals surface area contributed by atoms with Gasteiger partial charge in [-0.15, -0.1) is 0 Å². The summed E-state index contributed by atoms with van der Waals surface area (Å²) in [5.74, 6) is 0.539. The molecule has 0 bridgehead atoms. The molecule has 1 aromatic carbocycles. The standard InChI is InChI=1S/C15H16/c1-13-7-5-6-10-15(12-11-13)14-8-3-2-4-9-14/h2-5,7-13H,6H2,1H3/b7-5-,12-11-,15-10+. The number of rotatable bonds is 1. The largest absolute Gasteiger partial charge is 0.0841 e. The van der Waals surface area contributed by atoms with Crippen molar-refractivity contribution in [3.05, 3.63) is 66.3 Å². The van der Waals surface area contributed by atoms with Crippen molar-refractivity contribution in [2.45, 2.75) is 13.3 Å². The molecule has 0 N–H and O–H groups in total. The third kappa shape index (κ3) is 2.69. The summed E-state index contributed by atoms with van der Waals surface area (Å²) < 4.78 is 0. The molecule has 0 nitrogen and oxygen atoms in total. The van der Waals surface area contributed by atoms with E-state index in [1.165, 1.54) is 11.1 Å². The monoisotopic (exact) mass is 196 g/mol. The van der Waals surface area contributed by atoms with Gasteiger partial charge in [0.25, 0.3) is 0 Å². The van der Waals surface area contributed by atoms with E-state index in [9.17, 15) is 0 Å². The second-order valence-electron chi connectivity index (χ2n) is 3.91. The van der Waals surface area contributed by atoms with Crippen molar-refractivity contribution in [2.24, 2.45) is 5.92 Å². The van der Waals surface area contributed by atoms with Crippen LogP contribution in [-0.4, -0.2) is 0 Å². The number of hydrogen-bond donors (Lipinski definition) is 0. The van der Waals surface area contributed by atoms with Crippen LogP contribution in [0.3, 0.4) is 0 Å². The van der Waals surface area contributed by atoms with Gasteiger partial charge in [-0.1, -0.05) is 67.6 Å². The Morgan fingerprint density at radius 2 is 1.87 bits per heavy atom. The van der Waals surface area contributed by atoms with Crippen molar-refractivity contribution in [1.29, 1.82) is 0 Å². The maximum absolute atomic E-state index is 2.27. The first-order valence-corrected chi connectivity index (χ1v) is 5.47. The fourth-order valence-electron chi connectivity index (χ4n) is 1.72. The molecule has 2 rings (SSSR count). The maximum Gasteiger partial charge on any atom is -0.00784 e. The molecule has 0 aliphatic heterocycles. The van der Waals surface area contributed by atoms with Crippen molar-refractivity contribution in [2.75, 3.05) is 0 Å². The van der Waals surface area contributed by atoms with E-state index >= 15 is 0 Å². The summed E-state index contributed by atoms with van der Waals surface area (Å²) in [4.78, 5) is 0. The molecule has 0 radical (unpaired) electrons. The second-order valence-corrected chi connectivity index (χ2v) is 3.91. The molecule has 1 aliphatic rings. The molecular weight excluding hydrogens is 180 g/mol. The predicted octanol–water partition coefficient (Wildman–Crippen LogP) is 4.22. The highest BCUT2D eigenvalue weighted by atomic mass is 14.0. The lowest BCUT2D eigenvalue weighted by Crippen LogP contribution is -1.87. The molecule has 0 heterocycles. The summed E-state index contributed by atoms with van der Waals surface area (Å²) >= 11 is 0. The van der Waals surface area contributed by atoms with E-state index in [0.717, 1.165) is 6.42 Å². The van der Waals surface area contributed by atoms with Gasteiger partial charge in [-0.25, -0.2) is 0 Å². The van der Waals surface area contributed by atoms with Crippen molar-refractivity contribution in [1.82, 2.24) is 0 Å². The summed E-state index contributed by atoms with van der Waals surface area (Å²) in [6, 6.07) is 10.5. The van der Waals surface area contributed by atoms with Crippen LogP contribution in [0.15, 0.2) is 60.7 Å². The normalized spacial score (nSPS) is 28.3. The minimum atomic E-state index is 0.539. The fraction of sp³-hybridized carbons (Fsp3) is 0.200. The third-order valence-corrected chi connectivity index (χ3v) is 2.60. The van der Waals surface area contributed by atoms with Gasteiger partial charge in [0.2, 0.25) is 0 Å². The van der Waals surface area contributed by atoms with Gasteiger partial charge in [0.15, 0.2) is 0 Å². The van der Waals surface area contributed by atoms with Crippen LogP contribution in [0.5, 0.6) is 0 Å². The first kappa shape index (κ1) is 9.97. The van der Waals surface area contributed by atoms with Gasteiger partial charge in [0.1, 0.15) is 0 Å². The molecule has 1 atom stereocenters. The van der Waals surface area contributed by atoms with Crippen LogP contribution in [0.2, 0.25) is 0 Å². The quantitative estimate of drug-likeness (QED) is 0.590. The van der Waals surface area contributed by atoms with Crippen LogP contribution < -0.4 is 0 Å². The number of benzene rings is 1. The minimum Gasteiger partial charge on any atom is -0.0841 e. The fourth-order valence-corrected chi connectivity index (χ4v) is 1.72. The van der Waals surface area contributed by atoms with Crippen LogP contribution in [0.1, 0.15) is 18.9 Å². The molecule has 0 saturated carbocycles. The Kier molecular flexibility index (Phi) is 3.18. The van der Waals surface area contributed by atoms with Gasteiger partial charge in [0, 0.05) is 0 Å². The van der Waals surface area contributed by atoms with Crippen LogP contribution in [0, 0.1) is 5.92 Å². The highest BCUT2D eigenvalue weighted by Gasteiger charge is 1.99. The molecule has 0 spiro atoms. The first-order chi connectivity index (χ1) is 7.36. The Balaban J connectivity index is 2.29. The number of allylic oxidation sites excluding steroid dienone is 6. The highest BCUT2D eigenvalue weighted by molar-refractivity contribution is 5.74. The Bertz CT molecular complexity index is 393. The molecule has 1 aromatic rings. The van der Waals surface area contributed by atoms with E-state index in [4.69, 9.17) is 0 Å². The number of hydrogen-bond acceptors (Lipinski definition) is 0. The van der Waals surface area contributed by atoms with E-state index in [-0.39, 0.29) is 0 Å². The average molecular weight is 196 g/mol. The van der Waals surface area contributed by atoms with E-state index in [0.29, 0.717) is 5.92 Å². The van der Waals surface area contributed by atoms with E-state index in [2.05, 4.69) is 67.6 Å². The smallest absolute Gasteiger partial charge is 0.00784 e. The van der Waals surface area contributed by atoms with E-state index in [1.807, 2.05) is 0 Å². The molecule has 0 saturated heterocycles. The van der Waals surface area contributed by atoms with Gasteiger partial charge in [-0.05, 0) is 23.5 Å². The molecule has 0 fully saturated rings. The molecule has 76 valence electrons. The van der Waals surface area contributed by atoms with Gasteiger partial charge in [-0.3, -0.25) is 0 Å². The van der Waals surface area contributed by atoms with Gasteiger partial charge in [-0.2, -0.15) is 0 Å². The van der Waals surface area contributed by atoms with Crippen LogP contribution >= 0.6 is 0 Å². The lowest BCUT2D eigenvalue weighted by molar-refractivity contribution is 0.932. The summed E-state index contributed by atoms with van der Waals surface area (Å²) in [5.41, 5.74) is 2.63. The zero-order chi connectivity index (χ0) is 10.5. The zero-order valence-electron chi connectivity index (χ0n) is 9.06. The summed E-state index contributed by atoms with van der Waals surface area (Å²) in [5, 5.41) is 0. The molecular formula is C15H16. The van der Waals surface area contributed by atoms with Crippen molar-refractivity contribution >= 4 is 5.57 Å². The summed E-state index contributed by atoms with van der Waals surface area (Å²) in [7, 11) is 0. The highest BCUT2D eigenvalue weighted by Crippen LogP contribution is 2.19. The summed E-state index contributed by atoms with van der Waals surface area (Å²) in [6.45, 7) is 2.21. The molecule has 0 aromatic heterocycles. The minimum absolute atomic E-state index is 0.539. The Labute approximate surface area is 91.6 Å². The third-order valence-electron chi connectivity index (χ3n) is 2.60. The lowest BCUT2D eigenvalue weighted by Gasteiger charge is -2.06. The Hall–Kier alpha value is -1.56. The topological polar surface area (TPSA) is 0 Å². The predicted molar refractivity (Wildman–Crippen MR) is 66.5 cm³/mol. The molecule has 0 amide bonds. The second kappa shape index (κ2) is 4.79. The van der Waals surface area contributed by atoms with Crippen LogP contribution in [-0.2, 0) is 0 Å². The molecule has 0 heteroatoms. The molecule has 15 heavy (non-hydrogen) atoms. The van der Waals surface area contributed by atoms with Gasteiger partial charge in [0.05, 0.1) is 0 Å². The maximum atomic E-state index is 2.27. The molecule has 1 aliphatic carbocycles. The lowest BCUT2D eigenvalue weighted by atomic mass is 9.99. The van der Waals surface area contributed by atoms with Crippen LogP contribution in [0.25, 0.3) is 5.57 Å². The Morgan fingerprint density at radius 1 is 1.07 bits per heavy atom. The van der Waals surface area contributed by atoms with Crippen molar-refractivity contribution in [3.63, 3.8) is 0 Å². The average Bonchev–Trinajstić information content (AvgIpc) is 2.25. The van der Waals surface area contributed by atoms with E-state index < -0.39 is 0 Å². The molecule has 1 unspecified atom stereocenters. The van der Waals surface area contributed by atoms with Gasteiger partial charge < -0.3 is 0 Å². The summed E-state index contributed by atoms with van der Waals surface area (Å²) in [6.07, 6.45) is 12.2. The SMILES string of the molecule is CC1/C=C\C/C=C(c2ccccc2)\C=C/1.